The Balaban J connectivity index is 1.74. The van der Waals surface area contributed by atoms with Crippen LogP contribution in [0.15, 0.2) is 24.3 Å². The molecule has 6 nitrogen and oxygen atoms in total. The Bertz CT molecular complexity index is 728. The molecule has 0 atom stereocenters. The molecule has 7 heteroatoms. The number of unbranched alkanes of at least 4 members (excludes halogenated alkanes) is 2. The molecule has 1 N–H and O–H groups in total. The molecule has 146 valence electrons. The van der Waals surface area contributed by atoms with Crippen molar-refractivity contribution in [3.8, 4) is 5.75 Å². The monoisotopic (exact) mass is 389 g/mol. The normalized spacial score (nSPS) is 10.6. The lowest BCUT2D eigenvalue weighted by Gasteiger charge is -2.06. The smallest absolute Gasteiger partial charge is 0.226 e. The molecule has 1 amide bonds. The predicted octanol–water partition coefficient (Wildman–Crippen LogP) is 4.66. The molecule has 0 bridgehead atoms. The number of ketones is 1. The Hall–Kier alpha value is -2.28. The molecule has 2 aromatic rings. The summed E-state index contributed by atoms with van der Waals surface area (Å²) < 4.78 is 5.64. The highest BCUT2D eigenvalue weighted by molar-refractivity contribution is 7.15. The molecule has 0 aliphatic carbocycles. The Kier molecular flexibility index (Phi) is 8.91. The Morgan fingerprint density at radius 1 is 1.04 bits per heavy atom. The minimum absolute atomic E-state index is 0.0633. The van der Waals surface area contributed by atoms with Gasteiger partial charge in [0.15, 0.2) is 5.78 Å². The number of benzene rings is 1. The molecular weight excluding hydrogens is 362 g/mol. The SMILES string of the molecule is CCCCCOc1ccc(C(=O)CCC(=O)Nc2nnc(CCC)s2)cc1. The molecule has 1 heterocycles. The van der Waals surface area contributed by atoms with Gasteiger partial charge in [-0.15, -0.1) is 10.2 Å². The van der Waals surface area contributed by atoms with Gasteiger partial charge in [-0.1, -0.05) is 38.0 Å². The molecule has 1 aromatic carbocycles. The molecule has 2 rings (SSSR count). The lowest BCUT2D eigenvalue weighted by molar-refractivity contribution is -0.116. The zero-order chi connectivity index (χ0) is 19.5. The third kappa shape index (κ3) is 7.46. The number of aromatic nitrogens is 2. The highest BCUT2D eigenvalue weighted by Gasteiger charge is 2.12. The van der Waals surface area contributed by atoms with Gasteiger partial charge in [-0.3, -0.25) is 9.59 Å². The van der Waals surface area contributed by atoms with Crippen LogP contribution in [0.4, 0.5) is 5.13 Å². The molecular formula is C20H27N3O3S. The summed E-state index contributed by atoms with van der Waals surface area (Å²) in [5, 5.41) is 12.1. The minimum atomic E-state index is -0.224. The average Bonchev–Trinajstić information content (AvgIpc) is 3.11. The van der Waals surface area contributed by atoms with Crippen LogP contribution in [0.2, 0.25) is 0 Å². The summed E-state index contributed by atoms with van der Waals surface area (Å²) >= 11 is 1.37. The number of aryl methyl sites for hydroxylation is 1. The number of rotatable bonds is 12. The van der Waals surface area contributed by atoms with Gasteiger partial charge in [0.2, 0.25) is 11.0 Å². The Morgan fingerprint density at radius 2 is 1.81 bits per heavy atom. The van der Waals surface area contributed by atoms with Crippen molar-refractivity contribution in [3.63, 3.8) is 0 Å². The second kappa shape index (κ2) is 11.4. The van der Waals surface area contributed by atoms with Crippen molar-refractivity contribution in [1.29, 1.82) is 0 Å². The first-order valence-corrected chi connectivity index (χ1v) is 10.3. The second-order valence-corrected chi connectivity index (χ2v) is 7.36. The summed E-state index contributed by atoms with van der Waals surface area (Å²) in [6, 6.07) is 7.10. The lowest BCUT2D eigenvalue weighted by atomic mass is 10.1. The second-order valence-electron chi connectivity index (χ2n) is 6.30. The van der Waals surface area contributed by atoms with E-state index in [4.69, 9.17) is 4.74 Å². The fourth-order valence-corrected chi connectivity index (χ4v) is 3.31. The molecule has 0 aliphatic rings. The van der Waals surface area contributed by atoms with Crippen LogP contribution in [0.3, 0.4) is 0 Å². The number of carbonyl (C=O) groups is 2. The molecule has 0 spiro atoms. The molecule has 27 heavy (non-hydrogen) atoms. The third-order valence-corrected chi connectivity index (χ3v) is 4.85. The van der Waals surface area contributed by atoms with Gasteiger partial charge in [0.05, 0.1) is 6.61 Å². The van der Waals surface area contributed by atoms with Crippen LogP contribution in [0, 0.1) is 0 Å². The van der Waals surface area contributed by atoms with Crippen molar-refractivity contribution in [2.45, 2.75) is 58.8 Å². The Labute approximate surface area is 164 Å². The van der Waals surface area contributed by atoms with Crippen molar-refractivity contribution in [3.05, 3.63) is 34.8 Å². The molecule has 0 aliphatic heterocycles. The number of nitrogens with zero attached hydrogens (tertiary/aromatic N) is 2. The number of anilines is 1. The van der Waals surface area contributed by atoms with E-state index in [9.17, 15) is 9.59 Å². The molecule has 1 aromatic heterocycles. The number of carbonyl (C=O) groups excluding carboxylic acids is 2. The number of hydrogen-bond donors (Lipinski definition) is 1. The summed E-state index contributed by atoms with van der Waals surface area (Å²) in [6.45, 7) is 4.90. The van der Waals surface area contributed by atoms with Gasteiger partial charge < -0.3 is 10.1 Å². The van der Waals surface area contributed by atoms with Crippen LogP contribution >= 0.6 is 11.3 Å². The van der Waals surface area contributed by atoms with E-state index in [1.54, 1.807) is 24.3 Å². The number of hydrogen-bond acceptors (Lipinski definition) is 6. The summed E-state index contributed by atoms with van der Waals surface area (Å²) in [5.74, 6) is 0.476. The first-order valence-electron chi connectivity index (χ1n) is 9.50. The molecule has 0 saturated heterocycles. The van der Waals surface area contributed by atoms with E-state index < -0.39 is 0 Å². The van der Waals surface area contributed by atoms with Crippen molar-refractivity contribution in [2.24, 2.45) is 0 Å². The van der Waals surface area contributed by atoms with Gasteiger partial charge in [-0.25, -0.2) is 0 Å². The largest absolute Gasteiger partial charge is 0.494 e. The van der Waals surface area contributed by atoms with Crippen molar-refractivity contribution in [2.75, 3.05) is 11.9 Å². The third-order valence-electron chi connectivity index (χ3n) is 3.95. The lowest BCUT2D eigenvalue weighted by Crippen LogP contribution is -2.13. The number of nitrogens with one attached hydrogen (secondary N) is 1. The van der Waals surface area contributed by atoms with E-state index in [2.05, 4.69) is 29.4 Å². The molecule has 0 unspecified atom stereocenters. The number of amides is 1. The maximum atomic E-state index is 12.3. The van der Waals surface area contributed by atoms with E-state index >= 15 is 0 Å². The van der Waals surface area contributed by atoms with Crippen LogP contribution < -0.4 is 10.1 Å². The van der Waals surface area contributed by atoms with E-state index in [1.807, 2.05) is 0 Å². The molecule has 0 radical (unpaired) electrons. The number of Topliss-reactive ketones (excluding diaryl/α,β-unsaturated/α-hetero) is 1. The van der Waals surface area contributed by atoms with Crippen molar-refractivity contribution in [1.82, 2.24) is 10.2 Å². The highest BCUT2D eigenvalue weighted by atomic mass is 32.1. The highest BCUT2D eigenvalue weighted by Crippen LogP contribution is 2.18. The van der Waals surface area contributed by atoms with Crippen LogP contribution in [0.25, 0.3) is 0 Å². The van der Waals surface area contributed by atoms with Gasteiger partial charge in [-0.2, -0.15) is 0 Å². The van der Waals surface area contributed by atoms with Gasteiger partial charge in [0, 0.05) is 24.8 Å². The zero-order valence-corrected chi connectivity index (χ0v) is 16.8. The maximum Gasteiger partial charge on any atom is 0.226 e. The standard InChI is InChI=1S/C20H27N3O3S/c1-3-5-6-14-26-16-10-8-15(9-11-16)17(24)12-13-18(25)21-20-23-22-19(27-20)7-4-2/h8-11H,3-7,12-14H2,1-2H3,(H,21,23,25). The number of ether oxygens (including phenoxy) is 1. The van der Waals surface area contributed by atoms with Crippen molar-refractivity contribution < 1.29 is 14.3 Å². The molecule has 0 saturated carbocycles. The van der Waals surface area contributed by atoms with Crippen LogP contribution in [0.1, 0.15) is 67.7 Å². The fraction of sp³-hybridized carbons (Fsp3) is 0.500. The fourth-order valence-electron chi connectivity index (χ4n) is 2.45. The molecule has 0 fully saturated rings. The van der Waals surface area contributed by atoms with E-state index in [0.29, 0.717) is 17.3 Å². The van der Waals surface area contributed by atoms with E-state index in [-0.39, 0.29) is 24.5 Å². The predicted molar refractivity (Wildman–Crippen MR) is 108 cm³/mol. The van der Waals surface area contributed by atoms with Crippen molar-refractivity contribution >= 4 is 28.2 Å². The first kappa shape index (κ1) is 21.0. The summed E-state index contributed by atoms with van der Waals surface area (Å²) in [7, 11) is 0. The minimum Gasteiger partial charge on any atom is -0.494 e. The summed E-state index contributed by atoms with van der Waals surface area (Å²) in [4.78, 5) is 24.3. The Morgan fingerprint density at radius 3 is 2.52 bits per heavy atom. The van der Waals surface area contributed by atoms with Crippen LogP contribution in [-0.4, -0.2) is 28.5 Å². The average molecular weight is 390 g/mol. The van der Waals surface area contributed by atoms with Crippen LogP contribution in [-0.2, 0) is 11.2 Å². The summed E-state index contributed by atoms with van der Waals surface area (Å²) in [6.07, 6.45) is 5.45. The van der Waals surface area contributed by atoms with Gasteiger partial charge >= 0.3 is 0 Å². The topological polar surface area (TPSA) is 81.2 Å². The first-order chi connectivity index (χ1) is 13.1. The maximum absolute atomic E-state index is 12.3. The quantitative estimate of drug-likeness (QED) is 0.422. The van der Waals surface area contributed by atoms with Crippen LogP contribution in [0.5, 0.6) is 5.75 Å². The summed E-state index contributed by atoms with van der Waals surface area (Å²) in [5.41, 5.74) is 0.588. The van der Waals surface area contributed by atoms with Gasteiger partial charge in [-0.05, 0) is 37.1 Å². The van der Waals surface area contributed by atoms with Gasteiger partial charge in [0.1, 0.15) is 10.8 Å². The zero-order valence-electron chi connectivity index (χ0n) is 16.0. The van der Waals surface area contributed by atoms with E-state index in [0.717, 1.165) is 42.9 Å². The van der Waals surface area contributed by atoms with Gasteiger partial charge in [0.25, 0.3) is 0 Å². The van der Waals surface area contributed by atoms with E-state index in [1.165, 1.54) is 11.3 Å².